The highest BCUT2D eigenvalue weighted by Crippen LogP contribution is 2.40. The van der Waals surface area contributed by atoms with Gasteiger partial charge in [-0.2, -0.15) is 0 Å². The number of nitrogens with zero attached hydrogens (tertiary/aromatic N) is 1. The Labute approximate surface area is 189 Å². The molecular weight excluding hydrogens is 435 g/mol. The van der Waals surface area contributed by atoms with Gasteiger partial charge in [-0.25, -0.2) is 14.0 Å². The van der Waals surface area contributed by atoms with Gasteiger partial charge >= 0.3 is 12.1 Å². The molecular formula is C24H24ClFN2O4. The number of carbonyl (C=O) groups is 2. The Morgan fingerprint density at radius 2 is 2.03 bits per heavy atom. The number of aromatic nitrogens is 1. The van der Waals surface area contributed by atoms with Crippen LogP contribution in [0, 0.1) is 5.82 Å². The molecule has 8 heteroatoms. The number of hydrogen-bond donors (Lipinski definition) is 2. The SMILES string of the molecule is CCC(C(=O)O)n1c2c(c3c(F)ccc(Cl)c31)C[C@@H](NC(=O)OCc1ccccc1)CC2. The zero-order chi connectivity index (χ0) is 22.8. The van der Waals surface area contributed by atoms with Crippen molar-refractivity contribution in [2.45, 2.75) is 51.3 Å². The lowest BCUT2D eigenvalue weighted by Crippen LogP contribution is -2.39. The van der Waals surface area contributed by atoms with Crippen LogP contribution < -0.4 is 5.32 Å². The van der Waals surface area contributed by atoms with E-state index in [2.05, 4.69) is 5.32 Å². The summed E-state index contributed by atoms with van der Waals surface area (Å²) >= 11 is 6.41. The van der Waals surface area contributed by atoms with Crippen LogP contribution in [0.3, 0.4) is 0 Å². The van der Waals surface area contributed by atoms with E-state index in [0.29, 0.717) is 47.2 Å². The third-order valence-corrected chi connectivity index (χ3v) is 6.26. The monoisotopic (exact) mass is 458 g/mol. The summed E-state index contributed by atoms with van der Waals surface area (Å²) in [5.41, 5.74) is 2.74. The first-order valence-electron chi connectivity index (χ1n) is 10.6. The first-order chi connectivity index (χ1) is 15.4. The van der Waals surface area contributed by atoms with Gasteiger partial charge in [0.1, 0.15) is 18.5 Å². The van der Waals surface area contributed by atoms with E-state index in [1.165, 1.54) is 12.1 Å². The maximum absolute atomic E-state index is 14.9. The highest BCUT2D eigenvalue weighted by Gasteiger charge is 2.33. The van der Waals surface area contributed by atoms with E-state index >= 15 is 0 Å². The molecule has 1 aliphatic carbocycles. The first-order valence-corrected chi connectivity index (χ1v) is 11.0. The Balaban J connectivity index is 1.61. The Morgan fingerprint density at radius 1 is 1.28 bits per heavy atom. The molecule has 0 fully saturated rings. The zero-order valence-corrected chi connectivity index (χ0v) is 18.4. The van der Waals surface area contributed by atoms with Crippen LogP contribution in [-0.4, -0.2) is 27.8 Å². The van der Waals surface area contributed by atoms with Gasteiger partial charge in [-0.15, -0.1) is 0 Å². The number of alkyl carbamates (subject to hydrolysis) is 1. The van der Waals surface area contributed by atoms with Crippen molar-refractivity contribution in [3.63, 3.8) is 0 Å². The number of fused-ring (bicyclic) bond motifs is 3. The molecule has 1 heterocycles. The average molecular weight is 459 g/mol. The van der Waals surface area contributed by atoms with Crippen molar-refractivity contribution in [3.05, 3.63) is 70.1 Å². The molecule has 2 atom stereocenters. The minimum atomic E-state index is -0.989. The van der Waals surface area contributed by atoms with Gasteiger partial charge in [0.2, 0.25) is 0 Å². The minimum absolute atomic E-state index is 0.158. The number of halogens is 2. The molecule has 0 saturated carbocycles. The van der Waals surface area contributed by atoms with Crippen molar-refractivity contribution in [3.8, 4) is 0 Å². The molecule has 2 aromatic carbocycles. The van der Waals surface area contributed by atoms with Gasteiger partial charge in [-0.3, -0.25) is 0 Å². The molecule has 1 unspecified atom stereocenters. The number of aliphatic carboxylic acids is 1. The van der Waals surface area contributed by atoms with E-state index in [-0.39, 0.29) is 12.6 Å². The second kappa shape index (κ2) is 9.20. The summed E-state index contributed by atoms with van der Waals surface area (Å²) in [7, 11) is 0. The number of benzene rings is 2. The second-order valence-corrected chi connectivity index (χ2v) is 8.36. The molecule has 168 valence electrons. The predicted octanol–water partition coefficient (Wildman–Crippen LogP) is 5.25. The molecule has 2 N–H and O–H groups in total. The van der Waals surface area contributed by atoms with Crippen molar-refractivity contribution < 1.29 is 23.8 Å². The van der Waals surface area contributed by atoms with Crippen LogP contribution in [0.25, 0.3) is 10.9 Å². The van der Waals surface area contributed by atoms with Crippen LogP contribution in [0.15, 0.2) is 42.5 Å². The molecule has 0 bridgehead atoms. The van der Waals surface area contributed by atoms with Gasteiger partial charge in [-0.1, -0.05) is 48.9 Å². The molecule has 0 saturated heterocycles. The quantitative estimate of drug-likeness (QED) is 0.528. The van der Waals surface area contributed by atoms with Crippen molar-refractivity contribution in [2.75, 3.05) is 0 Å². The summed E-state index contributed by atoms with van der Waals surface area (Å²) in [5, 5.41) is 13.3. The van der Waals surface area contributed by atoms with Crippen molar-refractivity contribution in [1.82, 2.24) is 9.88 Å². The van der Waals surface area contributed by atoms with E-state index in [0.717, 1.165) is 11.3 Å². The Morgan fingerprint density at radius 3 is 2.72 bits per heavy atom. The second-order valence-electron chi connectivity index (χ2n) is 7.96. The standard InChI is InChI=1S/C24H24ClFN2O4/c1-2-19(23(29)30)28-20-11-8-15(27-24(31)32-13-14-6-4-3-5-7-14)12-16(20)21-18(26)10-9-17(25)22(21)28/h3-7,9-10,15,19H,2,8,11-13H2,1H3,(H,27,31)(H,29,30)/t15-,19?/m0/s1. The number of nitrogens with one attached hydrogen (secondary N) is 1. The lowest BCUT2D eigenvalue weighted by Gasteiger charge is -2.26. The topological polar surface area (TPSA) is 80.6 Å². The number of carboxylic acid groups (broad SMARTS) is 1. The number of rotatable bonds is 6. The molecule has 0 radical (unpaired) electrons. The maximum Gasteiger partial charge on any atom is 0.407 e. The fourth-order valence-electron chi connectivity index (χ4n) is 4.51. The molecule has 6 nitrogen and oxygen atoms in total. The summed E-state index contributed by atoms with van der Waals surface area (Å²) in [4.78, 5) is 24.2. The number of carboxylic acids is 1. The van der Waals surface area contributed by atoms with Crippen molar-refractivity contribution >= 4 is 34.6 Å². The molecule has 1 aromatic heterocycles. The van der Waals surface area contributed by atoms with Crippen LogP contribution in [0.5, 0.6) is 0 Å². The lowest BCUT2D eigenvalue weighted by atomic mass is 9.91. The van der Waals surface area contributed by atoms with Crippen LogP contribution in [0.4, 0.5) is 9.18 Å². The van der Waals surface area contributed by atoms with Gasteiger partial charge in [0.25, 0.3) is 0 Å². The highest BCUT2D eigenvalue weighted by atomic mass is 35.5. The summed E-state index contributed by atoms with van der Waals surface area (Å²) < 4.78 is 21.9. The normalized spacial score (nSPS) is 16.4. The van der Waals surface area contributed by atoms with Crippen molar-refractivity contribution in [2.24, 2.45) is 0 Å². The third kappa shape index (κ3) is 4.17. The van der Waals surface area contributed by atoms with E-state index in [1.807, 2.05) is 30.3 Å². The Hall–Kier alpha value is -3.06. The zero-order valence-electron chi connectivity index (χ0n) is 17.6. The number of amides is 1. The van der Waals surface area contributed by atoms with Gasteiger partial charge in [0.05, 0.1) is 10.5 Å². The smallest absolute Gasteiger partial charge is 0.407 e. The van der Waals surface area contributed by atoms with E-state index in [4.69, 9.17) is 16.3 Å². The van der Waals surface area contributed by atoms with E-state index in [9.17, 15) is 19.1 Å². The van der Waals surface area contributed by atoms with Gasteiger partial charge in [-0.05, 0) is 48.9 Å². The molecule has 32 heavy (non-hydrogen) atoms. The van der Waals surface area contributed by atoms with Crippen molar-refractivity contribution in [1.29, 1.82) is 0 Å². The predicted molar refractivity (Wildman–Crippen MR) is 119 cm³/mol. The first kappa shape index (κ1) is 22.1. The summed E-state index contributed by atoms with van der Waals surface area (Å²) in [6, 6.07) is 11.0. The summed E-state index contributed by atoms with van der Waals surface area (Å²) in [6.45, 7) is 1.94. The van der Waals surface area contributed by atoms with Gasteiger partial charge in [0.15, 0.2) is 0 Å². The van der Waals surface area contributed by atoms with Gasteiger partial charge < -0.3 is 19.7 Å². The molecule has 0 spiro atoms. The van der Waals surface area contributed by atoms with Crippen LogP contribution in [0.1, 0.15) is 42.6 Å². The van der Waals surface area contributed by atoms with E-state index < -0.39 is 23.9 Å². The Kier molecular flexibility index (Phi) is 6.37. The number of carbonyl (C=O) groups excluding carboxylic acids is 1. The molecule has 1 amide bonds. The number of hydrogen-bond acceptors (Lipinski definition) is 3. The fourth-order valence-corrected chi connectivity index (χ4v) is 4.75. The highest BCUT2D eigenvalue weighted by molar-refractivity contribution is 6.35. The Bertz CT molecular complexity index is 1160. The van der Waals surface area contributed by atoms with Crippen LogP contribution >= 0.6 is 11.6 Å². The lowest BCUT2D eigenvalue weighted by molar-refractivity contribution is -0.140. The van der Waals surface area contributed by atoms with Crippen LogP contribution in [-0.2, 0) is 29.0 Å². The van der Waals surface area contributed by atoms with Gasteiger partial charge in [0, 0.05) is 17.1 Å². The molecule has 1 aliphatic rings. The summed E-state index contributed by atoms with van der Waals surface area (Å²) in [5.74, 6) is -1.44. The third-order valence-electron chi connectivity index (χ3n) is 5.96. The minimum Gasteiger partial charge on any atom is -0.480 e. The van der Waals surface area contributed by atoms with Crippen LogP contribution in [0.2, 0.25) is 5.02 Å². The molecule has 0 aliphatic heterocycles. The fraction of sp³-hybridized carbons (Fsp3) is 0.333. The average Bonchev–Trinajstić information content (AvgIpc) is 3.11. The number of ether oxygens (including phenoxy) is 1. The molecule has 4 rings (SSSR count). The largest absolute Gasteiger partial charge is 0.480 e. The maximum atomic E-state index is 14.9. The van der Waals surface area contributed by atoms with E-state index in [1.54, 1.807) is 11.5 Å². The molecule has 3 aromatic rings. The summed E-state index contributed by atoms with van der Waals surface area (Å²) in [6.07, 6.45) is 1.24.